The summed E-state index contributed by atoms with van der Waals surface area (Å²) in [6.07, 6.45) is 2.04. The Morgan fingerprint density at radius 1 is 0.708 bits per heavy atom. The van der Waals surface area contributed by atoms with Gasteiger partial charge in [-0.1, -0.05) is 36.4 Å². The van der Waals surface area contributed by atoms with E-state index in [1.165, 1.54) is 22.5 Å². The van der Waals surface area contributed by atoms with E-state index in [-0.39, 0.29) is 6.17 Å². The Bertz CT molecular complexity index is 815. The molecule has 0 N–H and O–H groups in total. The van der Waals surface area contributed by atoms with Crippen molar-refractivity contribution in [3.8, 4) is 0 Å². The minimum Gasteiger partial charge on any atom is -0.317 e. The van der Waals surface area contributed by atoms with E-state index in [4.69, 9.17) is 4.98 Å². The van der Waals surface area contributed by atoms with Gasteiger partial charge in [-0.25, -0.2) is 4.98 Å². The van der Waals surface area contributed by atoms with Crippen molar-refractivity contribution in [1.29, 1.82) is 0 Å². The fourth-order valence-electron chi connectivity index (χ4n) is 3.57. The molecular formula is C21H21N3. The topological polar surface area (TPSA) is 19.4 Å². The monoisotopic (exact) mass is 315 g/mol. The summed E-state index contributed by atoms with van der Waals surface area (Å²) in [6.45, 7) is 6.55. The van der Waals surface area contributed by atoms with Crippen LogP contribution in [0.1, 0.15) is 18.1 Å². The highest BCUT2D eigenvalue weighted by Gasteiger charge is 2.36. The Labute approximate surface area is 143 Å². The third-order valence-corrected chi connectivity index (χ3v) is 4.75. The van der Waals surface area contributed by atoms with Crippen molar-refractivity contribution in [3.63, 3.8) is 0 Å². The number of para-hydroxylation sites is 2. The van der Waals surface area contributed by atoms with Crippen molar-refractivity contribution in [1.82, 2.24) is 4.98 Å². The SMILES string of the molecule is Cc1ccccc1N1c2cccnc2N(c2ccccc2C)C1C. The van der Waals surface area contributed by atoms with Gasteiger partial charge in [0.1, 0.15) is 6.17 Å². The summed E-state index contributed by atoms with van der Waals surface area (Å²) < 4.78 is 0. The minimum atomic E-state index is 0.164. The second-order valence-electron chi connectivity index (χ2n) is 6.29. The first-order chi connectivity index (χ1) is 11.7. The van der Waals surface area contributed by atoms with Crippen molar-refractivity contribution in [3.05, 3.63) is 78.0 Å². The summed E-state index contributed by atoms with van der Waals surface area (Å²) in [6, 6.07) is 21.2. The highest BCUT2D eigenvalue weighted by atomic mass is 15.4. The number of hydrogen-bond donors (Lipinski definition) is 0. The lowest BCUT2D eigenvalue weighted by Gasteiger charge is -2.31. The quantitative estimate of drug-likeness (QED) is 0.637. The summed E-state index contributed by atoms with van der Waals surface area (Å²) in [5, 5.41) is 0. The van der Waals surface area contributed by atoms with E-state index >= 15 is 0 Å². The van der Waals surface area contributed by atoms with Crippen LogP contribution in [0.2, 0.25) is 0 Å². The molecule has 0 bridgehead atoms. The Kier molecular flexibility index (Phi) is 3.49. The Morgan fingerprint density at radius 2 is 1.25 bits per heavy atom. The van der Waals surface area contributed by atoms with Crippen LogP contribution in [0.25, 0.3) is 0 Å². The van der Waals surface area contributed by atoms with Crippen LogP contribution in [0.5, 0.6) is 0 Å². The fraction of sp³-hybridized carbons (Fsp3) is 0.190. The molecule has 1 atom stereocenters. The molecule has 120 valence electrons. The summed E-state index contributed by atoms with van der Waals surface area (Å²) >= 11 is 0. The number of anilines is 4. The molecule has 1 aliphatic rings. The van der Waals surface area contributed by atoms with Crippen molar-refractivity contribution >= 4 is 22.9 Å². The van der Waals surface area contributed by atoms with Crippen molar-refractivity contribution in [2.45, 2.75) is 26.9 Å². The molecule has 0 saturated carbocycles. The van der Waals surface area contributed by atoms with Crippen LogP contribution in [-0.2, 0) is 0 Å². The van der Waals surface area contributed by atoms with Crippen molar-refractivity contribution < 1.29 is 0 Å². The zero-order chi connectivity index (χ0) is 16.7. The van der Waals surface area contributed by atoms with Gasteiger partial charge in [-0.2, -0.15) is 0 Å². The zero-order valence-electron chi connectivity index (χ0n) is 14.3. The lowest BCUT2D eigenvalue weighted by molar-refractivity contribution is 0.754. The first-order valence-corrected chi connectivity index (χ1v) is 8.33. The normalized spacial score (nSPS) is 16.4. The second kappa shape index (κ2) is 5.68. The number of nitrogens with zero attached hydrogens (tertiary/aromatic N) is 3. The highest BCUT2D eigenvalue weighted by Crippen LogP contribution is 2.47. The van der Waals surface area contributed by atoms with Crippen LogP contribution in [-0.4, -0.2) is 11.1 Å². The van der Waals surface area contributed by atoms with Gasteiger partial charge in [-0.15, -0.1) is 0 Å². The van der Waals surface area contributed by atoms with E-state index in [9.17, 15) is 0 Å². The van der Waals surface area contributed by atoms with E-state index in [1.54, 1.807) is 0 Å². The Hall–Kier alpha value is -2.81. The van der Waals surface area contributed by atoms with Gasteiger partial charge in [0.25, 0.3) is 0 Å². The van der Waals surface area contributed by atoms with Crippen LogP contribution in [0.15, 0.2) is 66.9 Å². The predicted molar refractivity (Wildman–Crippen MR) is 100 cm³/mol. The van der Waals surface area contributed by atoms with Gasteiger partial charge in [0, 0.05) is 17.6 Å². The number of pyridine rings is 1. The lowest BCUT2D eigenvalue weighted by atomic mass is 10.1. The van der Waals surface area contributed by atoms with E-state index < -0.39 is 0 Å². The standard InChI is InChI=1S/C21H21N3/c1-15-9-4-6-11-18(15)23-17(3)24(19-12-7-5-10-16(19)2)21-20(23)13-8-14-22-21/h4-14,17H,1-3H3. The molecule has 1 aliphatic heterocycles. The van der Waals surface area contributed by atoms with Gasteiger partial charge in [0.15, 0.2) is 5.82 Å². The molecule has 1 unspecified atom stereocenters. The molecule has 3 nitrogen and oxygen atoms in total. The van der Waals surface area contributed by atoms with E-state index in [0.29, 0.717) is 0 Å². The number of fused-ring (bicyclic) bond motifs is 1. The average Bonchev–Trinajstić information content (AvgIpc) is 2.88. The van der Waals surface area contributed by atoms with Crippen LogP contribution in [0.4, 0.5) is 22.9 Å². The smallest absolute Gasteiger partial charge is 0.158 e. The number of benzene rings is 2. The van der Waals surface area contributed by atoms with Crippen molar-refractivity contribution in [2.24, 2.45) is 0 Å². The van der Waals surface area contributed by atoms with Gasteiger partial charge in [-0.05, 0) is 56.2 Å². The molecule has 0 spiro atoms. The molecule has 3 heteroatoms. The summed E-state index contributed by atoms with van der Waals surface area (Å²) in [4.78, 5) is 9.41. The molecule has 0 saturated heterocycles. The maximum atomic E-state index is 4.70. The predicted octanol–water partition coefficient (Wildman–Crippen LogP) is 5.33. The lowest BCUT2D eigenvalue weighted by Crippen LogP contribution is -2.36. The van der Waals surface area contributed by atoms with E-state index in [0.717, 1.165) is 11.5 Å². The van der Waals surface area contributed by atoms with Crippen LogP contribution < -0.4 is 9.80 Å². The highest BCUT2D eigenvalue weighted by molar-refractivity contribution is 5.86. The van der Waals surface area contributed by atoms with Gasteiger partial charge < -0.3 is 9.80 Å². The van der Waals surface area contributed by atoms with Gasteiger partial charge >= 0.3 is 0 Å². The summed E-state index contributed by atoms with van der Waals surface area (Å²) in [5.74, 6) is 1.02. The number of aromatic nitrogens is 1. The first-order valence-electron chi connectivity index (χ1n) is 8.33. The van der Waals surface area contributed by atoms with Crippen LogP contribution >= 0.6 is 0 Å². The van der Waals surface area contributed by atoms with Gasteiger partial charge in [0.05, 0.1) is 5.69 Å². The summed E-state index contributed by atoms with van der Waals surface area (Å²) in [5.41, 5.74) is 6.12. The molecule has 3 aromatic rings. The molecular weight excluding hydrogens is 294 g/mol. The molecule has 0 aliphatic carbocycles. The van der Waals surface area contributed by atoms with Crippen molar-refractivity contribution in [2.75, 3.05) is 9.80 Å². The molecule has 0 radical (unpaired) electrons. The second-order valence-corrected chi connectivity index (χ2v) is 6.29. The average molecular weight is 315 g/mol. The van der Waals surface area contributed by atoms with E-state index in [2.05, 4.69) is 85.2 Å². The molecule has 4 rings (SSSR count). The van der Waals surface area contributed by atoms with E-state index in [1.807, 2.05) is 12.3 Å². The number of rotatable bonds is 2. The molecule has 2 aromatic carbocycles. The fourth-order valence-corrected chi connectivity index (χ4v) is 3.57. The molecule has 2 heterocycles. The van der Waals surface area contributed by atoms with Gasteiger partial charge in [0.2, 0.25) is 0 Å². The first kappa shape index (κ1) is 14.8. The third-order valence-electron chi connectivity index (χ3n) is 4.75. The van der Waals surface area contributed by atoms with Crippen LogP contribution in [0, 0.1) is 13.8 Å². The largest absolute Gasteiger partial charge is 0.317 e. The maximum Gasteiger partial charge on any atom is 0.158 e. The Morgan fingerprint density at radius 3 is 1.88 bits per heavy atom. The maximum absolute atomic E-state index is 4.70. The number of aryl methyl sites for hydroxylation is 2. The van der Waals surface area contributed by atoms with Crippen LogP contribution in [0.3, 0.4) is 0 Å². The third kappa shape index (κ3) is 2.16. The zero-order valence-corrected chi connectivity index (χ0v) is 14.3. The van der Waals surface area contributed by atoms with Gasteiger partial charge in [-0.3, -0.25) is 0 Å². The molecule has 0 amide bonds. The summed E-state index contributed by atoms with van der Waals surface area (Å²) in [7, 11) is 0. The molecule has 24 heavy (non-hydrogen) atoms. The number of hydrogen-bond acceptors (Lipinski definition) is 3. The molecule has 1 aromatic heterocycles. The minimum absolute atomic E-state index is 0.164. The molecule has 0 fully saturated rings. The Balaban J connectivity index is 1.91.